The number of hydrogen-bond acceptors (Lipinski definition) is 5. The molecule has 0 aliphatic carbocycles. The molecule has 1 aliphatic heterocycles. The number of likely N-dealkylation sites (tertiary alicyclic amines) is 1. The minimum atomic E-state index is 0. The molecule has 0 saturated carbocycles. The second kappa shape index (κ2) is 9.85. The zero-order chi connectivity index (χ0) is 15.9. The van der Waals surface area contributed by atoms with Gasteiger partial charge in [0, 0.05) is 18.7 Å². The third kappa shape index (κ3) is 4.90. The molecule has 0 spiro atoms. The number of ether oxygens (including phenoxy) is 3. The highest BCUT2D eigenvalue weighted by molar-refractivity contribution is 5.85. The van der Waals surface area contributed by atoms with Gasteiger partial charge < -0.3 is 19.5 Å². The Bertz CT molecular complexity index is 483. The molecule has 0 radical (unpaired) electrons. The van der Waals surface area contributed by atoms with E-state index in [4.69, 9.17) is 14.2 Å². The number of rotatable bonds is 7. The van der Waals surface area contributed by atoms with Gasteiger partial charge in [-0.15, -0.1) is 12.4 Å². The van der Waals surface area contributed by atoms with Crippen molar-refractivity contribution >= 4 is 12.4 Å². The Balaban J connectivity index is 0.00000264. The highest BCUT2D eigenvalue weighted by Crippen LogP contribution is 2.40. The smallest absolute Gasteiger partial charge is 0.203 e. The quantitative estimate of drug-likeness (QED) is 0.823. The van der Waals surface area contributed by atoms with Gasteiger partial charge in [-0.2, -0.15) is 0 Å². The van der Waals surface area contributed by atoms with Crippen LogP contribution in [0.4, 0.5) is 0 Å². The molecule has 0 aromatic heterocycles. The van der Waals surface area contributed by atoms with Crippen LogP contribution in [-0.4, -0.2) is 52.9 Å². The third-order valence-electron chi connectivity index (χ3n) is 4.28. The van der Waals surface area contributed by atoms with E-state index in [1.54, 1.807) is 21.3 Å². The first-order chi connectivity index (χ1) is 10.7. The Labute approximate surface area is 145 Å². The van der Waals surface area contributed by atoms with Crippen LogP contribution in [0.15, 0.2) is 12.1 Å². The summed E-state index contributed by atoms with van der Waals surface area (Å²) in [5.41, 5.74) is 1.14. The van der Waals surface area contributed by atoms with Crippen LogP contribution in [0.2, 0.25) is 0 Å². The lowest BCUT2D eigenvalue weighted by atomic mass is 9.97. The zero-order valence-electron chi connectivity index (χ0n) is 14.6. The number of nitrogens with zero attached hydrogens (tertiary/aromatic N) is 1. The van der Waals surface area contributed by atoms with Crippen LogP contribution in [-0.2, 0) is 6.54 Å². The molecule has 2 rings (SSSR count). The first-order valence-electron chi connectivity index (χ1n) is 7.88. The second-order valence-corrected chi connectivity index (χ2v) is 5.79. The number of methoxy groups -OCH3 is 3. The normalized spacial score (nSPS) is 18.2. The van der Waals surface area contributed by atoms with Crippen LogP contribution in [0.5, 0.6) is 17.2 Å². The zero-order valence-corrected chi connectivity index (χ0v) is 15.4. The predicted molar refractivity (Wildman–Crippen MR) is 95.3 cm³/mol. The Morgan fingerprint density at radius 2 is 1.87 bits per heavy atom. The molecule has 1 atom stereocenters. The topological polar surface area (TPSA) is 43.0 Å². The lowest BCUT2D eigenvalue weighted by molar-refractivity contribution is 0.165. The number of piperidine rings is 1. The number of benzene rings is 1. The highest BCUT2D eigenvalue weighted by Gasteiger charge is 2.22. The maximum absolute atomic E-state index is 5.58. The fraction of sp³-hybridized carbons (Fsp3) is 0.647. The van der Waals surface area contributed by atoms with Crippen LogP contribution < -0.4 is 19.5 Å². The van der Waals surface area contributed by atoms with Gasteiger partial charge in [-0.1, -0.05) is 6.07 Å². The van der Waals surface area contributed by atoms with E-state index in [0.717, 1.165) is 43.4 Å². The summed E-state index contributed by atoms with van der Waals surface area (Å²) in [6.07, 6.45) is 2.56. The summed E-state index contributed by atoms with van der Waals surface area (Å²) in [5, 5.41) is 3.29. The maximum Gasteiger partial charge on any atom is 0.203 e. The summed E-state index contributed by atoms with van der Waals surface area (Å²) in [6, 6.07) is 4.02. The molecule has 1 aromatic rings. The summed E-state index contributed by atoms with van der Waals surface area (Å²) < 4.78 is 16.4. The molecule has 1 aromatic carbocycles. The maximum atomic E-state index is 5.58. The Morgan fingerprint density at radius 1 is 1.13 bits per heavy atom. The van der Waals surface area contributed by atoms with Gasteiger partial charge in [0.2, 0.25) is 5.75 Å². The van der Waals surface area contributed by atoms with Gasteiger partial charge in [-0.3, -0.25) is 4.90 Å². The van der Waals surface area contributed by atoms with Crippen molar-refractivity contribution in [2.45, 2.75) is 19.4 Å². The lowest BCUT2D eigenvalue weighted by Gasteiger charge is -2.33. The fourth-order valence-corrected chi connectivity index (χ4v) is 3.28. The van der Waals surface area contributed by atoms with Crippen molar-refractivity contribution in [2.75, 3.05) is 48.0 Å². The molecular formula is C17H29ClN2O3. The Kier molecular flexibility index (Phi) is 8.52. The molecular weight excluding hydrogens is 316 g/mol. The van der Waals surface area contributed by atoms with Gasteiger partial charge in [0.1, 0.15) is 0 Å². The molecule has 1 unspecified atom stereocenters. The van der Waals surface area contributed by atoms with Crippen LogP contribution >= 0.6 is 12.4 Å². The van der Waals surface area contributed by atoms with E-state index in [1.807, 2.05) is 13.1 Å². The summed E-state index contributed by atoms with van der Waals surface area (Å²) >= 11 is 0. The lowest BCUT2D eigenvalue weighted by Crippen LogP contribution is -2.38. The van der Waals surface area contributed by atoms with Gasteiger partial charge in [-0.25, -0.2) is 0 Å². The average molecular weight is 345 g/mol. The molecule has 1 aliphatic rings. The Morgan fingerprint density at radius 3 is 2.48 bits per heavy atom. The average Bonchev–Trinajstić information content (AvgIpc) is 2.55. The van der Waals surface area contributed by atoms with Crippen LogP contribution in [0.1, 0.15) is 18.4 Å². The van der Waals surface area contributed by atoms with Crippen molar-refractivity contribution in [1.29, 1.82) is 0 Å². The van der Waals surface area contributed by atoms with Crippen molar-refractivity contribution in [3.63, 3.8) is 0 Å². The van der Waals surface area contributed by atoms with Crippen molar-refractivity contribution in [3.8, 4) is 17.2 Å². The monoisotopic (exact) mass is 344 g/mol. The molecule has 0 bridgehead atoms. The van der Waals surface area contributed by atoms with Crippen LogP contribution in [0, 0.1) is 5.92 Å². The minimum absolute atomic E-state index is 0. The van der Waals surface area contributed by atoms with Gasteiger partial charge in [0.05, 0.1) is 21.3 Å². The summed E-state index contributed by atoms with van der Waals surface area (Å²) in [4.78, 5) is 2.50. The van der Waals surface area contributed by atoms with E-state index in [-0.39, 0.29) is 12.4 Å². The SMILES string of the molecule is CNCC1CCCN(Cc2ccc(OC)c(OC)c2OC)C1.Cl. The van der Waals surface area contributed by atoms with Crippen LogP contribution in [0.25, 0.3) is 0 Å². The second-order valence-electron chi connectivity index (χ2n) is 5.79. The third-order valence-corrected chi connectivity index (χ3v) is 4.28. The molecule has 23 heavy (non-hydrogen) atoms. The molecule has 132 valence electrons. The van der Waals surface area contributed by atoms with E-state index in [2.05, 4.69) is 16.3 Å². The molecule has 5 nitrogen and oxygen atoms in total. The number of hydrogen-bond donors (Lipinski definition) is 1. The summed E-state index contributed by atoms with van der Waals surface area (Å²) in [7, 11) is 7.00. The van der Waals surface area contributed by atoms with E-state index in [9.17, 15) is 0 Å². The molecule has 1 N–H and O–H groups in total. The number of halogens is 1. The van der Waals surface area contributed by atoms with E-state index in [1.165, 1.54) is 12.8 Å². The largest absolute Gasteiger partial charge is 0.493 e. The fourth-order valence-electron chi connectivity index (χ4n) is 3.28. The highest BCUT2D eigenvalue weighted by atomic mass is 35.5. The van der Waals surface area contributed by atoms with E-state index in [0.29, 0.717) is 11.5 Å². The van der Waals surface area contributed by atoms with Crippen LogP contribution in [0.3, 0.4) is 0 Å². The first kappa shape index (κ1) is 19.9. The molecule has 1 fully saturated rings. The minimum Gasteiger partial charge on any atom is -0.493 e. The molecule has 6 heteroatoms. The first-order valence-corrected chi connectivity index (χ1v) is 7.88. The summed E-state index contributed by atoms with van der Waals surface area (Å²) in [6.45, 7) is 4.22. The van der Waals surface area contributed by atoms with Gasteiger partial charge in [0.25, 0.3) is 0 Å². The van der Waals surface area contributed by atoms with Crippen molar-refractivity contribution in [1.82, 2.24) is 10.2 Å². The summed E-state index contributed by atoms with van der Waals surface area (Å²) in [5.74, 6) is 2.88. The number of nitrogens with one attached hydrogen (secondary N) is 1. The molecule has 0 amide bonds. The van der Waals surface area contributed by atoms with E-state index < -0.39 is 0 Å². The van der Waals surface area contributed by atoms with Crippen molar-refractivity contribution in [2.24, 2.45) is 5.92 Å². The predicted octanol–water partition coefficient (Wildman–Crippen LogP) is 2.57. The Hall–Kier alpha value is -1.17. The standard InChI is InChI=1S/C17H28N2O3.ClH/c1-18-10-13-6-5-9-19(11-13)12-14-7-8-15(20-2)17(22-4)16(14)21-3;/h7-8,13,18H,5-6,9-12H2,1-4H3;1H. The van der Waals surface area contributed by atoms with Gasteiger partial charge in [-0.05, 0) is 45.0 Å². The van der Waals surface area contributed by atoms with Gasteiger partial charge in [0.15, 0.2) is 11.5 Å². The van der Waals surface area contributed by atoms with E-state index >= 15 is 0 Å². The molecule has 1 heterocycles. The van der Waals surface area contributed by atoms with Crippen molar-refractivity contribution < 1.29 is 14.2 Å². The van der Waals surface area contributed by atoms with Gasteiger partial charge >= 0.3 is 0 Å². The van der Waals surface area contributed by atoms with Crippen molar-refractivity contribution in [3.05, 3.63) is 17.7 Å². The molecule has 1 saturated heterocycles.